The molecule has 0 unspecified atom stereocenters. The van der Waals surface area contributed by atoms with Crippen molar-refractivity contribution < 1.29 is 19.4 Å². The van der Waals surface area contributed by atoms with Crippen molar-refractivity contribution in [3.8, 4) is 11.1 Å². The lowest BCUT2D eigenvalue weighted by molar-refractivity contribution is -0.142. The van der Waals surface area contributed by atoms with Gasteiger partial charge < -0.3 is 9.84 Å². The summed E-state index contributed by atoms with van der Waals surface area (Å²) in [6, 6.07) is 25.0. The van der Waals surface area contributed by atoms with Gasteiger partial charge in [0.1, 0.15) is 12.6 Å². The van der Waals surface area contributed by atoms with Crippen molar-refractivity contribution in [1.29, 1.82) is 0 Å². The van der Waals surface area contributed by atoms with E-state index >= 15 is 0 Å². The van der Waals surface area contributed by atoms with Crippen LogP contribution < -0.4 is 0 Å². The van der Waals surface area contributed by atoms with Crippen LogP contribution in [0.5, 0.6) is 0 Å². The van der Waals surface area contributed by atoms with Crippen molar-refractivity contribution in [2.45, 2.75) is 31.7 Å². The molecule has 164 valence electrons. The number of carboxylic acid groups (broad SMARTS) is 1. The largest absolute Gasteiger partial charge is 0.480 e. The van der Waals surface area contributed by atoms with Crippen LogP contribution in [0.25, 0.3) is 11.1 Å². The third-order valence-electron chi connectivity index (χ3n) is 6.23. The lowest BCUT2D eigenvalue weighted by Gasteiger charge is -2.29. The van der Waals surface area contributed by atoms with Crippen molar-refractivity contribution in [2.75, 3.05) is 13.2 Å². The quantitative estimate of drug-likeness (QED) is 0.537. The fourth-order valence-electron chi connectivity index (χ4n) is 4.38. The smallest absolute Gasteiger partial charge is 0.410 e. The summed E-state index contributed by atoms with van der Waals surface area (Å²) in [4.78, 5) is 26.1. The Balaban J connectivity index is 1.52. The monoisotopic (exact) mass is 429 g/mol. The third-order valence-corrected chi connectivity index (χ3v) is 6.23. The highest BCUT2D eigenvalue weighted by Gasteiger charge is 2.32. The Hall–Kier alpha value is -3.60. The molecule has 0 bridgehead atoms. The van der Waals surface area contributed by atoms with E-state index in [9.17, 15) is 14.7 Å². The van der Waals surface area contributed by atoms with Crippen LogP contribution in [-0.4, -0.2) is 41.3 Å². The number of carbonyl (C=O) groups is 2. The molecule has 0 fully saturated rings. The van der Waals surface area contributed by atoms with Crippen LogP contribution in [-0.2, 0) is 9.53 Å². The molecule has 2 atom stereocenters. The van der Waals surface area contributed by atoms with Gasteiger partial charge >= 0.3 is 12.1 Å². The van der Waals surface area contributed by atoms with Crippen LogP contribution in [0.3, 0.4) is 0 Å². The summed E-state index contributed by atoms with van der Waals surface area (Å²) in [6.45, 7) is 3.92. The summed E-state index contributed by atoms with van der Waals surface area (Å²) in [5.74, 6) is -1.16. The van der Waals surface area contributed by atoms with Gasteiger partial charge in [0.15, 0.2) is 0 Å². The van der Waals surface area contributed by atoms with Gasteiger partial charge in [-0.1, -0.05) is 85.8 Å². The number of nitrogens with zero attached hydrogens (tertiary/aromatic N) is 1. The van der Waals surface area contributed by atoms with E-state index in [1.807, 2.05) is 61.5 Å². The van der Waals surface area contributed by atoms with Crippen LogP contribution in [0.15, 0.2) is 78.9 Å². The number of ether oxygens (including phenoxy) is 1. The fraction of sp³-hybridized carbons (Fsp3) is 0.259. The van der Waals surface area contributed by atoms with E-state index < -0.39 is 18.1 Å². The zero-order chi connectivity index (χ0) is 22.7. The van der Waals surface area contributed by atoms with E-state index in [0.29, 0.717) is 0 Å². The summed E-state index contributed by atoms with van der Waals surface area (Å²) >= 11 is 0. The molecule has 3 aromatic carbocycles. The molecule has 0 saturated heterocycles. The highest BCUT2D eigenvalue weighted by molar-refractivity contribution is 5.81. The van der Waals surface area contributed by atoms with Gasteiger partial charge in [0.2, 0.25) is 0 Å². The van der Waals surface area contributed by atoms with E-state index in [2.05, 4.69) is 24.3 Å². The predicted octanol–water partition coefficient (Wildman–Crippen LogP) is 5.51. The Kier molecular flexibility index (Phi) is 6.26. The van der Waals surface area contributed by atoms with Crippen molar-refractivity contribution in [1.82, 2.24) is 4.90 Å². The van der Waals surface area contributed by atoms with Gasteiger partial charge in [-0.15, -0.1) is 0 Å². The minimum atomic E-state index is -1.06. The van der Waals surface area contributed by atoms with Crippen molar-refractivity contribution >= 4 is 12.1 Å². The van der Waals surface area contributed by atoms with Crippen molar-refractivity contribution in [3.63, 3.8) is 0 Å². The van der Waals surface area contributed by atoms with Gasteiger partial charge in [0, 0.05) is 12.5 Å². The molecule has 32 heavy (non-hydrogen) atoms. The van der Waals surface area contributed by atoms with Gasteiger partial charge in [-0.25, -0.2) is 9.59 Å². The van der Waals surface area contributed by atoms with Crippen LogP contribution in [0, 0.1) is 0 Å². The molecule has 4 rings (SSSR count). The van der Waals surface area contributed by atoms with Gasteiger partial charge in [-0.3, -0.25) is 4.90 Å². The highest BCUT2D eigenvalue weighted by Crippen LogP contribution is 2.44. The Morgan fingerprint density at radius 1 is 0.875 bits per heavy atom. The van der Waals surface area contributed by atoms with Crippen LogP contribution in [0.1, 0.15) is 42.4 Å². The number of hydrogen-bond donors (Lipinski definition) is 1. The first-order valence-electron chi connectivity index (χ1n) is 10.9. The number of amides is 1. The van der Waals surface area contributed by atoms with Crippen molar-refractivity contribution in [3.05, 3.63) is 95.6 Å². The molecule has 0 spiro atoms. The summed E-state index contributed by atoms with van der Waals surface area (Å²) in [7, 11) is 0. The minimum Gasteiger partial charge on any atom is -0.480 e. The molecule has 0 radical (unpaired) electrons. The average Bonchev–Trinajstić information content (AvgIpc) is 3.14. The standard InChI is InChI=1S/C27H27NO4/c1-18(20-10-4-3-5-11-20)16-28(19(2)26(29)30)27(31)32-17-25-23-14-8-6-12-21(23)22-13-7-9-15-24(22)25/h3-15,18-19,25H,16-17H2,1-2H3,(H,29,30)/t18-,19-/m0/s1. The third kappa shape index (κ3) is 4.24. The molecule has 0 aromatic heterocycles. The summed E-state index contributed by atoms with van der Waals surface area (Å²) < 4.78 is 5.73. The number of carboxylic acids is 1. The number of carbonyl (C=O) groups excluding carboxylic acids is 1. The molecule has 5 nitrogen and oxygen atoms in total. The lowest BCUT2D eigenvalue weighted by atomic mass is 9.98. The molecule has 1 amide bonds. The summed E-state index contributed by atoms with van der Waals surface area (Å²) in [5.41, 5.74) is 5.59. The molecular weight excluding hydrogens is 402 g/mol. The maximum absolute atomic E-state index is 13.1. The second kappa shape index (κ2) is 9.27. The Morgan fingerprint density at radius 2 is 1.41 bits per heavy atom. The van der Waals surface area contributed by atoms with E-state index in [-0.39, 0.29) is 25.0 Å². The lowest BCUT2D eigenvalue weighted by Crippen LogP contribution is -2.45. The Morgan fingerprint density at radius 3 is 1.97 bits per heavy atom. The predicted molar refractivity (Wildman–Crippen MR) is 124 cm³/mol. The van der Waals surface area contributed by atoms with E-state index in [1.165, 1.54) is 11.8 Å². The average molecular weight is 430 g/mol. The number of benzene rings is 3. The first-order valence-corrected chi connectivity index (χ1v) is 10.9. The Bertz CT molecular complexity index is 1070. The molecule has 0 aliphatic heterocycles. The summed E-state index contributed by atoms with van der Waals surface area (Å²) in [5, 5.41) is 9.58. The zero-order valence-electron chi connectivity index (χ0n) is 18.3. The van der Waals surface area contributed by atoms with E-state index in [4.69, 9.17) is 4.74 Å². The fourth-order valence-corrected chi connectivity index (χ4v) is 4.38. The normalized spacial score (nSPS) is 14.2. The summed E-state index contributed by atoms with van der Waals surface area (Å²) in [6.07, 6.45) is -0.607. The molecule has 0 saturated carbocycles. The van der Waals surface area contributed by atoms with Gasteiger partial charge in [0.05, 0.1) is 0 Å². The van der Waals surface area contributed by atoms with E-state index in [1.54, 1.807) is 0 Å². The number of rotatable bonds is 7. The number of aliphatic carboxylic acids is 1. The first-order chi connectivity index (χ1) is 15.5. The molecule has 0 heterocycles. The van der Waals surface area contributed by atoms with Crippen LogP contribution in [0.2, 0.25) is 0 Å². The topological polar surface area (TPSA) is 66.8 Å². The highest BCUT2D eigenvalue weighted by atomic mass is 16.6. The maximum Gasteiger partial charge on any atom is 0.410 e. The van der Waals surface area contributed by atoms with Gasteiger partial charge in [-0.2, -0.15) is 0 Å². The zero-order valence-corrected chi connectivity index (χ0v) is 18.3. The maximum atomic E-state index is 13.1. The van der Waals surface area contributed by atoms with Crippen LogP contribution in [0.4, 0.5) is 4.79 Å². The molecular formula is C27H27NO4. The van der Waals surface area contributed by atoms with Gasteiger partial charge in [0.25, 0.3) is 0 Å². The Labute approximate surface area is 188 Å². The molecule has 3 aromatic rings. The number of fused-ring (bicyclic) bond motifs is 3. The van der Waals surface area contributed by atoms with Crippen LogP contribution >= 0.6 is 0 Å². The van der Waals surface area contributed by atoms with Gasteiger partial charge in [-0.05, 0) is 40.7 Å². The molecule has 1 N–H and O–H groups in total. The van der Waals surface area contributed by atoms with E-state index in [0.717, 1.165) is 27.8 Å². The first kappa shape index (κ1) is 21.6. The molecule has 5 heteroatoms. The SMILES string of the molecule is C[C@@H](CN(C(=O)OCC1c2ccccc2-c2ccccc21)[C@@H](C)C(=O)O)c1ccccc1. The second-order valence-corrected chi connectivity index (χ2v) is 8.28. The number of hydrogen-bond acceptors (Lipinski definition) is 3. The van der Waals surface area contributed by atoms with Crippen molar-refractivity contribution in [2.24, 2.45) is 0 Å². The second-order valence-electron chi connectivity index (χ2n) is 8.28. The molecule has 1 aliphatic carbocycles. The molecule has 1 aliphatic rings. The minimum absolute atomic E-state index is 0.0292.